The van der Waals surface area contributed by atoms with Crippen LogP contribution in [-0.2, 0) is 0 Å². The predicted octanol–water partition coefficient (Wildman–Crippen LogP) is 1.91. The predicted molar refractivity (Wildman–Crippen MR) is 36.9 cm³/mol. The second-order valence-electron chi connectivity index (χ2n) is 1.96. The molecule has 0 radical (unpaired) electrons. The van der Waals surface area contributed by atoms with Crippen molar-refractivity contribution in [1.82, 2.24) is 0 Å². The summed E-state index contributed by atoms with van der Waals surface area (Å²) in [6.07, 6.45) is 0. The van der Waals surface area contributed by atoms with Crippen LogP contribution in [0.3, 0.4) is 0 Å². The van der Waals surface area contributed by atoms with Gasteiger partial charge in [-0.05, 0) is 13.0 Å². The summed E-state index contributed by atoms with van der Waals surface area (Å²) < 4.78 is 12.2. The number of hydrogen-bond acceptors (Lipinski definition) is 2. The fourth-order valence-corrected chi connectivity index (χ4v) is 1.28. The summed E-state index contributed by atoms with van der Waals surface area (Å²) in [5, 5.41) is 1.46. The molecule has 50 valence electrons. The minimum absolute atomic E-state index is 0.0421. The van der Waals surface area contributed by atoms with Crippen molar-refractivity contribution in [2.75, 3.05) is 0 Å². The summed E-state index contributed by atoms with van der Waals surface area (Å²) in [6, 6.07) is 1.43. The first-order valence-corrected chi connectivity index (χ1v) is 3.57. The molecule has 3 heteroatoms. The van der Waals surface area contributed by atoms with E-state index in [2.05, 4.69) is 0 Å². The molecule has 1 rings (SSSR count). The Morgan fingerprint density at radius 2 is 2.44 bits per heavy atom. The Morgan fingerprint density at radius 3 is 2.67 bits per heavy atom. The average molecular weight is 145 g/mol. The van der Waals surface area contributed by atoms with Crippen LogP contribution >= 0.6 is 11.3 Å². The van der Waals surface area contributed by atoms with E-state index in [0.717, 1.165) is 4.88 Å². The van der Waals surface area contributed by atoms with Crippen LogP contribution in [0.5, 0.6) is 0 Å². The molecule has 0 aliphatic heterocycles. The summed E-state index contributed by atoms with van der Waals surface area (Å²) in [4.78, 5) is 0.896. The lowest BCUT2D eigenvalue weighted by atomic mass is 10.3. The second-order valence-corrected chi connectivity index (χ2v) is 2.90. The molecule has 2 N–H and O–H groups in total. The lowest BCUT2D eigenvalue weighted by Crippen LogP contribution is -2.01. The zero-order valence-corrected chi connectivity index (χ0v) is 5.91. The SMILES string of the molecule is CC(N)c1cc(F)cs1. The van der Waals surface area contributed by atoms with Crippen molar-refractivity contribution < 1.29 is 4.39 Å². The summed E-state index contributed by atoms with van der Waals surface area (Å²) >= 11 is 1.36. The first-order chi connectivity index (χ1) is 4.20. The molecule has 1 heterocycles. The van der Waals surface area contributed by atoms with Crippen molar-refractivity contribution in [2.45, 2.75) is 13.0 Å². The lowest BCUT2D eigenvalue weighted by molar-refractivity contribution is 0.630. The Balaban J connectivity index is 2.85. The van der Waals surface area contributed by atoms with Crippen LogP contribution < -0.4 is 5.73 Å². The van der Waals surface area contributed by atoms with E-state index in [4.69, 9.17) is 5.73 Å². The molecule has 0 amide bonds. The molecule has 1 unspecified atom stereocenters. The summed E-state index contributed by atoms with van der Waals surface area (Å²) in [7, 11) is 0. The molecule has 0 saturated carbocycles. The van der Waals surface area contributed by atoms with E-state index >= 15 is 0 Å². The van der Waals surface area contributed by atoms with Gasteiger partial charge < -0.3 is 5.73 Å². The van der Waals surface area contributed by atoms with E-state index < -0.39 is 0 Å². The maximum atomic E-state index is 12.2. The van der Waals surface area contributed by atoms with Crippen molar-refractivity contribution in [2.24, 2.45) is 5.73 Å². The van der Waals surface area contributed by atoms with Gasteiger partial charge in [0.2, 0.25) is 0 Å². The molecule has 0 aliphatic carbocycles. The highest BCUT2D eigenvalue weighted by Gasteiger charge is 2.01. The van der Waals surface area contributed by atoms with Gasteiger partial charge >= 0.3 is 0 Å². The zero-order chi connectivity index (χ0) is 6.85. The molecule has 0 aromatic carbocycles. The Hall–Kier alpha value is -0.410. The molecule has 1 atom stereocenters. The third-order valence-corrected chi connectivity index (χ3v) is 2.14. The summed E-state index contributed by atoms with van der Waals surface area (Å²) in [5.41, 5.74) is 5.47. The van der Waals surface area contributed by atoms with Gasteiger partial charge in [0.15, 0.2) is 0 Å². The second kappa shape index (κ2) is 2.45. The Kier molecular flexibility index (Phi) is 1.83. The van der Waals surface area contributed by atoms with Gasteiger partial charge in [0.1, 0.15) is 5.82 Å². The molecule has 1 nitrogen and oxygen atoms in total. The van der Waals surface area contributed by atoms with Crippen LogP contribution in [0.4, 0.5) is 4.39 Å². The van der Waals surface area contributed by atoms with E-state index in [0.29, 0.717) is 0 Å². The maximum absolute atomic E-state index is 12.2. The Morgan fingerprint density at radius 1 is 1.78 bits per heavy atom. The van der Waals surface area contributed by atoms with Gasteiger partial charge in [-0.1, -0.05) is 0 Å². The third-order valence-electron chi connectivity index (χ3n) is 1.04. The van der Waals surface area contributed by atoms with Crippen LogP contribution in [-0.4, -0.2) is 0 Å². The number of hydrogen-bond donors (Lipinski definition) is 1. The fourth-order valence-electron chi connectivity index (χ4n) is 0.567. The van der Waals surface area contributed by atoms with E-state index in [9.17, 15) is 4.39 Å². The van der Waals surface area contributed by atoms with Crippen LogP contribution in [0.2, 0.25) is 0 Å². The van der Waals surface area contributed by atoms with Gasteiger partial charge in [0.25, 0.3) is 0 Å². The van der Waals surface area contributed by atoms with E-state index in [1.165, 1.54) is 22.8 Å². The minimum Gasteiger partial charge on any atom is -0.324 e. The topological polar surface area (TPSA) is 26.0 Å². The van der Waals surface area contributed by atoms with Crippen molar-refractivity contribution in [3.8, 4) is 0 Å². The molecular weight excluding hydrogens is 137 g/mol. The lowest BCUT2D eigenvalue weighted by Gasteiger charge is -1.96. The number of rotatable bonds is 1. The van der Waals surface area contributed by atoms with E-state index in [-0.39, 0.29) is 11.9 Å². The van der Waals surface area contributed by atoms with Gasteiger partial charge in [-0.2, -0.15) is 0 Å². The fraction of sp³-hybridized carbons (Fsp3) is 0.333. The monoisotopic (exact) mass is 145 g/mol. The number of halogens is 1. The van der Waals surface area contributed by atoms with Crippen LogP contribution in [0.1, 0.15) is 17.8 Å². The number of thiophene rings is 1. The average Bonchev–Trinajstić information content (AvgIpc) is 2.14. The zero-order valence-electron chi connectivity index (χ0n) is 5.10. The smallest absolute Gasteiger partial charge is 0.134 e. The first-order valence-electron chi connectivity index (χ1n) is 2.69. The highest BCUT2D eigenvalue weighted by Crippen LogP contribution is 2.18. The minimum atomic E-state index is -0.188. The highest BCUT2D eigenvalue weighted by molar-refractivity contribution is 7.10. The van der Waals surface area contributed by atoms with Crippen molar-refractivity contribution in [3.63, 3.8) is 0 Å². The van der Waals surface area contributed by atoms with Crippen LogP contribution in [0.25, 0.3) is 0 Å². The molecule has 1 aromatic heterocycles. The van der Waals surface area contributed by atoms with E-state index in [1.54, 1.807) is 0 Å². The van der Waals surface area contributed by atoms with Crippen LogP contribution in [0.15, 0.2) is 11.4 Å². The summed E-state index contributed by atoms with van der Waals surface area (Å²) in [5.74, 6) is -0.188. The Bertz CT molecular complexity index is 195. The van der Waals surface area contributed by atoms with Crippen molar-refractivity contribution in [3.05, 3.63) is 22.1 Å². The number of nitrogens with two attached hydrogens (primary N) is 1. The molecular formula is C6H8FNS. The van der Waals surface area contributed by atoms with Crippen molar-refractivity contribution in [1.29, 1.82) is 0 Å². The third kappa shape index (κ3) is 1.50. The molecule has 0 bridgehead atoms. The van der Waals surface area contributed by atoms with Gasteiger partial charge in [-0.15, -0.1) is 11.3 Å². The standard InChI is InChI=1S/C6H8FNS/c1-4(8)6-2-5(7)3-9-6/h2-4H,8H2,1H3. The van der Waals surface area contributed by atoms with Gasteiger partial charge in [0.05, 0.1) is 0 Å². The summed E-state index contributed by atoms with van der Waals surface area (Å²) in [6.45, 7) is 1.84. The maximum Gasteiger partial charge on any atom is 0.134 e. The molecule has 0 spiro atoms. The normalized spacial score (nSPS) is 13.7. The molecule has 1 aromatic rings. The Labute approximate surface area is 57.3 Å². The van der Waals surface area contributed by atoms with Crippen LogP contribution in [0, 0.1) is 5.82 Å². The van der Waals surface area contributed by atoms with Gasteiger partial charge in [-0.25, -0.2) is 4.39 Å². The molecule has 0 saturated heterocycles. The van der Waals surface area contributed by atoms with Gasteiger partial charge in [0, 0.05) is 16.3 Å². The molecule has 0 aliphatic rings. The first kappa shape index (κ1) is 6.71. The largest absolute Gasteiger partial charge is 0.324 e. The van der Waals surface area contributed by atoms with Crippen molar-refractivity contribution >= 4 is 11.3 Å². The van der Waals surface area contributed by atoms with Gasteiger partial charge in [-0.3, -0.25) is 0 Å². The quantitative estimate of drug-likeness (QED) is 0.641. The highest BCUT2D eigenvalue weighted by atomic mass is 32.1. The molecule has 9 heavy (non-hydrogen) atoms. The van der Waals surface area contributed by atoms with E-state index in [1.807, 2.05) is 6.92 Å². The molecule has 0 fully saturated rings.